The van der Waals surface area contributed by atoms with Gasteiger partial charge in [-0.05, 0) is 37.8 Å². The van der Waals surface area contributed by atoms with E-state index in [1.54, 1.807) is 6.20 Å². The van der Waals surface area contributed by atoms with Crippen molar-refractivity contribution in [3.63, 3.8) is 0 Å². The molecule has 0 radical (unpaired) electrons. The quantitative estimate of drug-likeness (QED) is 0.927. The Hall–Kier alpha value is -2.37. The van der Waals surface area contributed by atoms with Gasteiger partial charge in [-0.15, -0.1) is 0 Å². The van der Waals surface area contributed by atoms with Crippen molar-refractivity contribution in [3.8, 4) is 0 Å². The molecule has 2 amide bonds. The number of pyridine rings is 1. The number of hydrogen-bond donors (Lipinski definition) is 1. The summed E-state index contributed by atoms with van der Waals surface area (Å²) in [5.74, 6) is 1.14. The van der Waals surface area contributed by atoms with Gasteiger partial charge in [0.15, 0.2) is 0 Å². The Labute approximate surface area is 148 Å². The van der Waals surface area contributed by atoms with E-state index < -0.39 is 0 Å². The molecule has 1 aliphatic heterocycles. The minimum atomic E-state index is -0.0316. The molecule has 3 heterocycles. The number of amides is 2. The lowest BCUT2D eigenvalue weighted by Crippen LogP contribution is -2.33. The second kappa shape index (κ2) is 6.86. The average Bonchev–Trinajstić information content (AvgIpc) is 3.36. The highest BCUT2D eigenvalue weighted by molar-refractivity contribution is 5.88. The lowest BCUT2D eigenvalue weighted by Gasteiger charge is -2.20. The summed E-state index contributed by atoms with van der Waals surface area (Å²) in [4.78, 5) is 19.1. The number of nitrogens with zero attached hydrogens (tertiary/aromatic N) is 4. The molecule has 1 atom stereocenters. The number of hydrogen-bond acceptors (Lipinski definition) is 3. The third-order valence-corrected chi connectivity index (χ3v) is 5.49. The van der Waals surface area contributed by atoms with Crippen LogP contribution in [0.2, 0.25) is 0 Å². The number of rotatable bonds is 3. The summed E-state index contributed by atoms with van der Waals surface area (Å²) in [5.41, 5.74) is 2.32. The first-order valence-electron chi connectivity index (χ1n) is 9.23. The van der Waals surface area contributed by atoms with Gasteiger partial charge in [0.25, 0.3) is 0 Å². The Balaban J connectivity index is 1.41. The number of urea groups is 1. The van der Waals surface area contributed by atoms with Crippen LogP contribution in [-0.2, 0) is 0 Å². The molecule has 1 aliphatic carbocycles. The van der Waals surface area contributed by atoms with Gasteiger partial charge < -0.3 is 4.90 Å². The van der Waals surface area contributed by atoms with Crippen LogP contribution in [0.15, 0.2) is 30.6 Å². The molecule has 0 aromatic carbocycles. The molecule has 1 N–H and O–H groups in total. The number of likely N-dealkylation sites (tertiary alicyclic amines) is 1. The first-order valence-corrected chi connectivity index (χ1v) is 9.23. The molecule has 6 nitrogen and oxygen atoms in total. The number of carbonyl (C=O) groups is 1. The van der Waals surface area contributed by atoms with Crippen LogP contribution < -0.4 is 5.32 Å². The topological polar surface area (TPSA) is 63.1 Å². The SMILES string of the molecule is Cc1cccnc1C1CCN(C(=O)Nc2ccnn2C2CCCC2)C1. The standard InChI is InChI=1S/C19H25N5O/c1-14-5-4-10-20-18(14)15-9-12-23(13-15)19(25)22-17-8-11-21-24(17)16-6-2-3-7-16/h4-5,8,10-11,15-16H,2-3,6-7,9,12-13H2,1H3,(H,22,25). The van der Waals surface area contributed by atoms with Crippen molar-refractivity contribution in [1.29, 1.82) is 0 Å². The molecule has 25 heavy (non-hydrogen) atoms. The van der Waals surface area contributed by atoms with E-state index in [9.17, 15) is 4.79 Å². The molecular formula is C19H25N5O. The van der Waals surface area contributed by atoms with Crippen molar-refractivity contribution in [2.24, 2.45) is 0 Å². The fourth-order valence-electron chi connectivity index (χ4n) is 4.13. The van der Waals surface area contributed by atoms with Gasteiger partial charge in [0.2, 0.25) is 0 Å². The fraction of sp³-hybridized carbons (Fsp3) is 0.526. The highest BCUT2D eigenvalue weighted by Gasteiger charge is 2.30. The van der Waals surface area contributed by atoms with Gasteiger partial charge in [0.05, 0.1) is 12.2 Å². The van der Waals surface area contributed by atoms with Gasteiger partial charge in [-0.1, -0.05) is 18.9 Å². The highest BCUT2D eigenvalue weighted by atomic mass is 16.2. The third kappa shape index (κ3) is 3.25. The zero-order valence-corrected chi connectivity index (χ0v) is 14.7. The van der Waals surface area contributed by atoms with Crippen LogP contribution in [-0.4, -0.2) is 38.8 Å². The highest BCUT2D eigenvalue weighted by Crippen LogP contribution is 2.32. The van der Waals surface area contributed by atoms with Crippen molar-refractivity contribution in [3.05, 3.63) is 41.9 Å². The van der Waals surface area contributed by atoms with Crippen LogP contribution in [0, 0.1) is 6.92 Å². The van der Waals surface area contributed by atoms with Crippen molar-refractivity contribution in [1.82, 2.24) is 19.7 Å². The van der Waals surface area contributed by atoms with Crippen molar-refractivity contribution >= 4 is 11.8 Å². The molecule has 2 aromatic heterocycles. The zero-order chi connectivity index (χ0) is 17.2. The van der Waals surface area contributed by atoms with Crippen LogP contribution >= 0.6 is 0 Å². The molecule has 2 fully saturated rings. The van der Waals surface area contributed by atoms with Crippen molar-refractivity contribution in [2.45, 2.75) is 51.0 Å². The van der Waals surface area contributed by atoms with E-state index in [-0.39, 0.29) is 6.03 Å². The minimum Gasteiger partial charge on any atom is -0.324 e. The Morgan fingerprint density at radius 3 is 2.84 bits per heavy atom. The van der Waals surface area contributed by atoms with Gasteiger partial charge in [-0.3, -0.25) is 10.3 Å². The maximum Gasteiger partial charge on any atom is 0.323 e. The van der Waals surface area contributed by atoms with Gasteiger partial charge in [-0.25, -0.2) is 9.48 Å². The first-order chi connectivity index (χ1) is 12.2. The second-order valence-corrected chi connectivity index (χ2v) is 7.17. The molecule has 132 valence electrons. The number of aromatic nitrogens is 3. The maximum absolute atomic E-state index is 12.7. The van der Waals surface area contributed by atoms with E-state index in [0.717, 1.165) is 43.9 Å². The van der Waals surface area contributed by atoms with Crippen LogP contribution in [0.3, 0.4) is 0 Å². The number of aryl methyl sites for hydroxylation is 1. The van der Waals surface area contributed by atoms with Gasteiger partial charge in [0, 0.05) is 37.0 Å². The molecule has 2 aliphatic rings. The average molecular weight is 339 g/mol. The smallest absolute Gasteiger partial charge is 0.323 e. The van der Waals surface area contributed by atoms with Crippen molar-refractivity contribution in [2.75, 3.05) is 18.4 Å². The fourth-order valence-corrected chi connectivity index (χ4v) is 4.13. The van der Waals surface area contributed by atoms with E-state index in [1.807, 2.05) is 27.9 Å². The van der Waals surface area contributed by atoms with E-state index in [2.05, 4.69) is 28.4 Å². The Morgan fingerprint density at radius 2 is 2.04 bits per heavy atom. The van der Waals surface area contributed by atoms with E-state index in [0.29, 0.717) is 12.0 Å². The second-order valence-electron chi connectivity index (χ2n) is 7.17. The molecule has 1 unspecified atom stereocenters. The molecule has 0 spiro atoms. The molecule has 6 heteroatoms. The summed E-state index contributed by atoms with van der Waals surface area (Å²) >= 11 is 0. The Bertz CT molecular complexity index is 750. The van der Waals surface area contributed by atoms with E-state index in [4.69, 9.17) is 0 Å². The molecule has 1 saturated heterocycles. The molecule has 4 rings (SSSR count). The summed E-state index contributed by atoms with van der Waals surface area (Å²) in [6, 6.07) is 6.34. The van der Waals surface area contributed by atoms with Gasteiger partial charge in [0.1, 0.15) is 5.82 Å². The largest absolute Gasteiger partial charge is 0.324 e. The van der Waals surface area contributed by atoms with Crippen LogP contribution in [0.1, 0.15) is 55.3 Å². The van der Waals surface area contributed by atoms with E-state index >= 15 is 0 Å². The molecule has 0 bridgehead atoms. The molecule has 2 aromatic rings. The summed E-state index contributed by atoms with van der Waals surface area (Å²) in [7, 11) is 0. The lowest BCUT2D eigenvalue weighted by molar-refractivity contribution is 0.221. The first kappa shape index (κ1) is 16.1. The van der Waals surface area contributed by atoms with Crippen LogP contribution in [0.25, 0.3) is 0 Å². The number of anilines is 1. The maximum atomic E-state index is 12.7. The minimum absolute atomic E-state index is 0.0316. The normalized spacial score (nSPS) is 21.0. The number of nitrogens with one attached hydrogen (secondary N) is 1. The van der Waals surface area contributed by atoms with Crippen LogP contribution in [0.5, 0.6) is 0 Å². The van der Waals surface area contributed by atoms with E-state index in [1.165, 1.54) is 18.4 Å². The third-order valence-electron chi connectivity index (χ3n) is 5.49. The number of carbonyl (C=O) groups excluding carboxylic acids is 1. The van der Waals surface area contributed by atoms with Gasteiger partial charge in [-0.2, -0.15) is 5.10 Å². The predicted octanol–water partition coefficient (Wildman–Crippen LogP) is 3.72. The zero-order valence-electron chi connectivity index (χ0n) is 14.7. The molecular weight excluding hydrogens is 314 g/mol. The lowest BCUT2D eigenvalue weighted by atomic mass is 10.0. The van der Waals surface area contributed by atoms with Crippen LogP contribution in [0.4, 0.5) is 10.6 Å². The Morgan fingerprint density at radius 1 is 1.20 bits per heavy atom. The predicted molar refractivity (Wildman–Crippen MR) is 96.7 cm³/mol. The Kier molecular flexibility index (Phi) is 4.42. The van der Waals surface area contributed by atoms with Gasteiger partial charge >= 0.3 is 6.03 Å². The summed E-state index contributed by atoms with van der Waals surface area (Å²) < 4.78 is 1.99. The molecule has 1 saturated carbocycles. The van der Waals surface area contributed by atoms with Crippen molar-refractivity contribution < 1.29 is 4.79 Å². The monoisotopic (exact) mass is 339 g/mol. The summed E-state index contributed by atoms with van der Waals surface area (Å²) in [6.07, 6.45) is 9.37. The summed E-state index contributed by atoms with van der Waals surface area (Å²) in [6.45, 7) is 3.58. The summed E-state index contributed by atoms with van der Waals surface area (Å²) in [5, 5.41) is 7.49.